The molecule has 208 valence electrons. The van der Waals surface area contributed by atoms with Crippen molar-refractivity contribution in [3.8, 4) is 11.5 Å². The van der Waals surface area contributed by atoms with Crippen LogP contribution in [0.3, 0.4) is 0 Å². The van der Waals surface area contributed by atoms with Crippen LogP contribution in [0.25, 0.3) is 11.0 Å². The average Bonchev–Trinajstić information content (AvgIpc) is 3.46. The fourth-order valence-electron chi connectivity index (χ4n) is 3.45. The Morgan fingerprint density at radius 2 is 1.87 bits per heavy atom. The number of carbonyl (C=O) groups excluding carboxylic acids is 1. The van der Waals surface area contributed by atoms with Crippen molar-refractivity contribution in [2.24, 2.45) is 0 Å². The van der Waals surface area contributed by atoms with Crippen LogP contribution in [0.15, 0.2) is 36.1 Å². The van der Waals surface area contributed by atoms with Crippen LogP contribution in [0, 0.1) is 11.6 Å². The first kappa shape index (κ1) is 28.4. The minimum atomic E-state index is -4.81. The maximum Gasteiger partial charge on any atom is 0.418 e. The molecule has 0 spiro atoms. The van der Waals surface area contributed by atoms with E-state index >= 15 is 0 Å². The minimum absolute atomic E-state index is 0.125. The van der Waals surface area contributed by atoms with Crippen molar-refractivity contribution in [3.63, 3.8) is 0 Å². The van der Waals surface area contributed by atoms with E-state index in [2.05, 4.69) is 45.5 Å². The van der Waals surface area contributed by atoms with E-state index in [1.54, 1.807) is 0 Å². The van der Waals surface area contributed by atoms with Gasteiger partial charge in [-0.15, -0.1) is 10.2 Å². The second kappa shape index (κ2) is 11.2. The molecule has 2 N–H and O–H groups in total. The van der Waals surface area contributed by atoms with Crippen LogP contribution in [0.2, 0.25) is 25.7 Å². The van der Waals surface area contributed by atoms with Crippen molar-refractivity contribution >= 4 is 47.3 Å². The number of fused-ring (bicyclic) bond motifs is 1. The Morgan fingerprint density at radius 3 is 2.49 bits per heavy atom. The molecule has 2 amide bonds. The Morgan fingerprint density at radius 1 is 1.15 bits per heavy atom. The summed E-state index contributed by atoms with van der Waals surface area (Å²) >= 11 is 1.03. The van der Waals surface area contributed by atoms with Crippen LogP contribution in [0.4, 0.5) is 37.6 Å². The monoisotopic (exact) mass is 586 g/mol. The third-order valence-electron chi connectivity index (χ3n) is 5.30. The second-order valence-electron chi connectivity index (χ2n) is 9.56. The maximum absolute atomic E-state index is 14.8. The molecular formula is C23H23F5N6O3SSi. The lowest BCUT2D eigenvalue weighted by Crippen LogP contribution is -2.22. The highest BCUT2D eigenvalue weighted by Crippen LogP contribution is 2.42. The van der Waals surface area contributed by atoms with Gasteiger partial charge < -0.3 is 19.4 Å². The third-order valence-corrected chi connectivity index (χ3v) is 7.61. The molecule has 1 aromatic carbocycles. The highest BCUT2D eigenvalue weighted by molar-refractivity contribution is 7.13. The summed E-state index contributed by atoms with van der Waals surface area (Å²) in [4.78, 5) is 16.0. The first-order valence-electron chi connectivity index (χ1n) is 11.5. The van der Waals surface area contributed by atoms with Crippen molar-refractivity contribution in [3.05, 3.63) is 53.3 Å². The summed E-state index contributed by atoms with van der Waals surface area (Å²) in [7, 11) is -1.42. The molecule has 4 rings (SSSR count). The van der Waals surface area contributed by atoms with Crippen LogP contribution < -0.4 is 15.4 Å². The van der Waals surface area contributed by atoms with Gasteiger partial charge in [-0.1, -0.05) is 31.0 Å². The predicted molar refractivity (Wildman–Crippen MR) is 138 cm³/mol. The molecule has 0 saturated carbocycles. The summed E-state index contributed by atoms with van der Waals surface area (Å²) < 4.78 is 83.6. The Hall–Kier alpha value is -3.63. The normalized spacial score (nSPS) is 12.1. The molecule has 3 aromatic heterocycles. The molecular weight excluding hydrogens is 563 g/mol. The topological polar surface area (TPSA) is 103 Å². The van der Waals surface area contributed by atoms with Gasteiger partial charge in [0.15, 0.2) is 17.4 Å². The molecule has 0 radical (unpaired) electrons. The van der Waals surface area contributed by atoms with Gasteiger partial charge in [0.05, 0.1) is 10.9 Å². The molecule has 0 aliphatic carbocycles. The molecule has 0 fully saturated rings. The Bertz CT molecular complexity index is 1450. The standard InChI is InChI=1S/C23H23F5N6O3SSi/c1-39(2,3)7-6-36-12-34-10-14(23(26,27)28)18-17(4-5-29-20(18)34)37-19-15(24)8-13(9-16(19)25)31-21(35)32-22-33-30-11-38-22/h4-5,8-11H,6-7,12H2,1-3H3,(H2,31,32,33,35). The van der Waals surface area contributed by atoms with Crippen molar-refractivity contribution in [1.29, 1.82) is 0 Å². The number of alkyl halides is 3. The fourth-order valence-corrected chi connectivity index (χ4v) is 4.65. The number of aromatic nitrogens is 4. The molecule has 4 aromatic rings. The third kappa shape index (κ3) is 7.07. The molecule has 0 aliphatic heterocycles. The Labute approximate surface area is 224 Å². The predicted octanol–water partition coefficient (Wildman–Crippen LogP) is 6.93. The van der Waals surface area contributed by atoms with Crippen molar-refractivity contribution in [2.45, 2.75) is 38.6 Å². The SMILES string of the molecule is C[Si](C)(C)CCOCn1cc(C(F)(F)F)c2c(Oc3c(F)cc(NC(=O)Nc4nncs4)cc3F)ccnc21. The number of rotatable bonds is 9. The van der Waals surface area contributed by atoms with Gasteiger partial charge in [-0.05, 0) is 12.1 Å². The van der Waals surface area contributed by atoms with E-state index in [1.807, 2.05) is 0 Å². The number of halogens is 5. The van der Waals surface area contributed by atoms with Gasteiger partial charge in [0.2, 0.25) is 5.13 Å². The van der Waals surface area contributed by atoms with Crippen molar-refractivity contribution in [1.82, 2.24) is 19.7 Å². The van der Waals surface area contributed by atoms with Gasteiger partial charge >= 0.3 is 12.2 Å². The minimum Gasteiger partial charge on any atom is -0.450 e. The zero-order chi connectivity index (χ0) is 28.4. The number of carbonyl (C=O) groups is 1. The lowest BCUT2D eigenvalue weighted by atomic mass is 10.2. The van der Waals surface area contributed by atoms with E-state index in [1.165, 1.54) is 16.3 Å². The van der Waals surface area contributed by atoms with Gasteiger partial charge in [0.25, 0.3) is 0 Å². The number of nitrogens with zero attached hydrogens (tertiary/aromatic N) is 4. The highest BCUT2D eigenvalue weighted by atomic mass is 32.1. The van der Waals surface area contributed by atoms with Gasteiger partial charge in [-0.3, -0.25) is 5.32 Å². The van der Waals surface area contributed by atoms with Crippen LogP contribution >= 0.6 is 11.3 Å². The number of amides is 2. The van der Waals surface area contributed by atoms with E-state index in [0.29, 0.717) is 6.61 Å². The highest BCUT2D eigenvalue weighted by Gasteiger charge is 2.37. The van der Waals surface area contributed by atoms with Gasteiger partial charge in [0.1, 0.15) is 23.6 Å². The molecule has 16 heteroatoms. The van der Waals surface area contributed by atoms with Gasteiger partial charge in [0, 0.05) is 44.9 Å². The Kier molecular flexibility index (Phi) is 8.17. The number of benzene rings is 1. The van der Waals surface area contributed by atoms with E-state index in [4.69, 9.17) is 9.47 Å². The second-order valence-corrected chi connectivity index (χ2v) is 16.0. The average molecular weight is 587 g/mol. The molecule has 0 saturated heterocycles. The lowest BCUT2D eigenvalue weighted by molar-refractivity contribution is -0.136. The molecule has 0 aliphatic rings. The molecule has 9 nitrogen and oxygen atoms in total. The number of urea groups is 1. The van der Waals surface area contributed by atoms with E-state index < -0.39 is 54.4 Å². The maximum atomic E-state index is 14.8. The summed E-state index contributed by atoms with van der Waals surface area (Å²) in [5.74, 6) is -3.92. The van der Waals surface area contributed by atoms with Crippen LogP contribution in [-0.4, -0.2) is 40.5 Å². The zero-order valence-corrected chi connectivity index (χ0v) is 22.7. The number of hydrogen-bond donors (Lipinski definition) is 2. The van der Waals surface area contributed by atoms with E-state index in [0.717, 1.165) is 41.8 Å². The number of hydrogen-bond acceptors (Lipinski definition) is 7. The largest absolute Gasteiger partial charge is 0.450 e. The van der Waals surface area contributed by atoms with Crippen LogP contribution in [0.5, 0.6) is 11.5 Å². The molecule has 39 heavy (non-hydrogen) atoms. The number of nitrogens with one attached hydrogen (secondary N) is 2. The molecule has 3 heterocycles. The number of pyridine rings is 1. The van der Waals surface area contributed by atoms with Crippen molar-refractivity contribution < 1.29 is 36.2 Å². The lowest BCUT2D eigenvalue weighted by Gasteiger charge is -2.15. The summed E-state index contributed by atoms with van der Waals surface area (Å²) in [6.07, 6.45) is -2.82. The quantitative estimate of drug-likeness (QED) is 0.125. The van der Waals surface area contributed by atoms with Gasteiger partial charge in [-0.2, -0.15) is 13.2 Å². The summed E-state index contributed by atoms with van der Waals surface area (Å²) in [5.41, 5.74) is -0.115. The summed E-state index contributed by atoms with van der Waals surface area (Å²) in [6, 6.07) is 2.58. The molecule has 0 unspecified atom stereocenters. The first-order valence-corrected chi connectivity index (χ1v) is 16.0. The Balaban J connectivity index is 1.60. The van der Waals surface area contributed by atoms with Gasteiger partial charge in [-0.25, -0.2) is 18.6 Å². The van der Waals surface area contributed by atoms with Crippen LogP contribution in [0.1, 0.15) is 5.56 Å². The smallest absolute Gasteiger partial charge is 0.418 e. The molecule has 0 atom stereocenters. The zero-order valence-electron chi connectivity index (χ0n) is 20.9. The number of anilines is 2. The number of ether oxygens (including phenoxy) is 2. The van der Waals surface area contributed by atoms with Crippen molar-refractivity contribution in [2.75, 3.05) is 17.2 Å². The molecule has 0 bridgehead atoms. The summed E-state index contributed by atoms with van der Waals surface area (Å²) in [5, 5.41) is 11.4. The van der Waals surface area contributed by atoms with Crippen LogP contribution in [-0.2, 0) is 17.6 Å². The summed E-state index contributed by atoms with van der Waals surface area (Å²) in [6.45, 7) is 6.59. The van der Waals surface area contributed by atoms with E-state index in [-0.39, 0.29) is 23.2 Å². The fraction of sp³-hybridized carbons (Fsp3) is 0.304. The van der Waals surface area contributed by atoms with E-state index in [9.17, 15) is 26.7 Å². The first-order chi connectivity index (χ1) is 18.3.